The first-order valence-corrected chi connectivity index (χ1v) is 7.79. The predicted molar refractivity (Wildman–Crippen MR) is 79.3 cm³/mol. The van der Waals surface area contributed by atoms with E-state index >= 15 is 0 Å². The van der Waals surface area contributed by atoms with E-state index in [0.29, 0.717) is 31.7 Å². The van der Waals surface area contributed by atoms with E-state index in [1.165, 1.54) is 17.5 Å². The van der Waals surface area contributed by atoms with E-state index in [0.717, 1.165) is 12.0 Å². The minimum atomic E-state index is -0.0337. The van der Waals surface area contributed by atoms with Crippen LogP contribution >= 0.6 is 11.3 Å². The van der Waals surface area contributed by atoms with Gasteiger partial charge in [-0.05, 0) is 17.9 Å². The van der Waals surface area contributed by atoms with Crippen molar-refractivity contribution in [2.45, 2.75) is 6.42 Å². The third-order valence-electron chi connectivity index (χ3n) is 3.58. The first kappa shape index (κ1) is 13.8. The van der Waals surface area contributed by atoms with Crippen molar-refractivity contribution < 1.29 is 9.59 Å². The van der Waals surface area contributed by atoms with Gasteiger partial charge in [0.1, 0.15) is 0 Å². The fraction of sp³-hybridized carbons (Fsp3) is 0.357. The summed E-state index contributed by atoms with van der Waals surface area (Å²) in [7, 11) is 0. The van der Waals surface area contributed by atoms with E-state index in [2.05, 4.69) is 10.2 Å². The van der Waals surface area contributed by atoms with E-state index in [1.54, 1.807) is 11.1 Å². The zero-order valence-electron chi connectivity index (χ0n) is 11.5. The van der Waals surface area contributed by atoms with Crippen molar-refractivity contribution in [3.8, 4) is 0 Å². The molecule has 1 aliphatic heterocycles. The summed E-state index contributed by atoms with van der Waals surface area (Å²) in [6.07, 6.45) is 3.92. The Labute approximate surface area is 126 Å². The third kappa shape index (κ3) is 2.97. The minimum absolute atomic E-state index is 0.0337. The Balaban J connectivity index is 1.64. The topological polar surface area (TPSA) is 69.3 Å². The molecular formula is C14H16N4O2S. The summed E-state index contributed by atoms with van der Waals surface area (Å²) in [4.78, 5) is 28.2. The molecule has 21 heavy (non-hydrogen) atoms. The van der Waals surface area contributed by atoms with Crippen LogP contribution in [0.1, 0.15) is 27.1 Å². The van der Waals surface area contributed by atoms with Gasteiger partial charge in [0.05, 0.1) is 17.3 Å². The third-order valence-corrected chi connectivity index (χ3v) is 4.27. The number of nitrogens with zero attached hydrogens (tertiary/aromatic N) is 3. The molecule has 0 aliphatic carbocycles. The lowest BCUT2D eigenvalue weighted by atomic mass is 10.3. The molecule has 1 fully saturated rings. The van der Waals surface area contributed by atoms with Crippen molar-refractivity contribution in [1.82, 2.24) is 20.0 Å². The lowest BCUT2D eigenvalue weighted by Gasteiger charge is -2.21. The van der Waals surface area contributed by atoms with Gasteiger partial charge in [-0.2, -0.15) is 16.4 Å². The Bertz CT molecular complexity index is 555. The van der Waals surface area contributed by atoms with Crippen LogP contribution in [0, 0.1) is 0 Å². The predicted octanol–water partition coefficient (Wildman–Crippen LogP) is 1.46. The largest absolute Gasteiger partial charge is 0.337 e. The molecule has 0 aromatic carbocycles. The Morgan fingerprint density at radius 3 is 2.38 bits per heavy atom. The lowest BCUT2D eigenvalue weighted by Crippen LogP contribution is -2.37. The number of carbonyl (C=O) groups is 2. The summed E-state index contributed by atoms with van der Waals surface area (Å²) in [6, 6.07) is 1.84. The van der Waals surface area contributed by atoms with Gasteiger partial charge in [-0.1, -0.05) is 0 Å². The molecule has 1 aliphatic rings. The van der Waals surface area contributed by atoms with E-state index in [1.807, 2.05) is 21.7 Å². The normalized spacial score (nSPS) is 15.8. The number of nitrogens with one attached hydrogen (secondary N) is 1. The summed E-state index contributed by atoms with van der Waals surface area (Å²) in [5, 5.41) is 10.2. The zero-order valence-corrected chi connectivity index (χ0v) is 12.3. The molecule has 2 amide bonds. The fourth-order valence-electron chi connectivity index (χ4n) is 2.44. The number of hydrogen-bond acceptors (Lipinski definition) is 4. The molecule has 0 spiro atoms. The van der Waals surface area contributed by atoms with Crippen LogP contribution in [0.5, 0.6) is 0 Å². The van der Waals surface area contributed by atoms with Gasteiger partial charge in [-0.15, -0.1) is 0 Å². The maximum Gasteiger partial charge on any atom is 0.257 e. The van der Waals surface area contributed by atoms with Gasteiger partial charge in [0, 0.05) is 37.8 Å². The van der Waals surface area contributed by atoms with Crippen LogP contribution in [0.3, 0.4) is 0 Å². The molecule has 110 valence electrons. The molecule has 1 N–H and O–H groups in total. The van der Waals surface area contributed by atoms with Gasteiger partial charge >= 0.3 is 0 Å². The molecule has 1 saturated heterocycles. The number of aromatic amines is 1. The maximum absolute atomic E-state index is 12.3. The van der Waals surface area contributed by atoms with Gasteiger partial charge in [0.25, 0.3) is 11.8 Å². The number of amides is 2. The highest BCUT2D eigenvalue weighted by Crippen LogP contribution is 2.13. The highest BCUT2D eigenvalue weighted by molar-refractivity contribution is 7.08. The second kappa shape index (κ2) is 6.09. The molecular weight excluding hydrogens is 288 g/mol. The molecule has 0 unspecified atom stereocenters. The van der Waals surface area contributed by atoms with Crippen molar-refractivity contribution in [2.24, 2.45) is 0 Å². The Morgan fingerprint density at radius 2 is 1.81 bits per heavy atom. The van der Waals surface area contributed by atoms with Crippen molar-refractivity contribution in [3.63, 3.8) is 0 Å². The van der Waals surface area contributed by atoms with E-state index in [-0.39, 0.29) is 11.8 Å². The van der Waals surface area contributed by atoms with Crippen LogP contribution in [-0.4, -0.2) is 58.0 Å². The Morgan fingerprint density at radius 1 is 1.10 bits per heavy atom. The second-order valence-electron chi connectivity index (χ2n) is 4.94. The van der Waals surface area contributed by atoms with Gasteiger partial charge in [0.2, 0.25) is 0 Å². The van der Waals surface area contributed by atoms with Crippen molar-refractivity contribution >= 4 is 23.2 Å². The summed E-state index contributed by atoms with van der Waals surface area (Å²) in [6.45, 7) is 2.47. The number of rotatable bonds is 2. The molecule has 0 saturated carbocycles. The van der Waals surface area contributed by atoms with Crippen LogP contribution in [0.4, 0.5) is 0 Å². The average molecular weight is 304 g/mol. The molecule has 3 heterocycles. The first-order chi connectivity index (χ1) is 10.3. The van der Waals surface area contributed by atoms with Crippen LogP contribution < -0.4 is 0 Å². The molecule has 2 aromatic heterocycles. The molecule has 3 rings (SSSR count). The van der Waals surface area contributed by atoms with E-state index in [9.17, 15) is 9.59 Å². The zero-order chi connectivity index (χ0) is 14.7. The minimum Gasteiger partial charge on any atom is -0.337 e. The van der Waals surface area contributed by atoms with Crippen molar-refractivity contribution in [3.05, 3.63) is 40.3 Å². The number of hydrogen-bond donors (Lipinski definition) is 1. The highest BCUT2D eigenvalue weighted by atomic mass is 32.1. The summed E-state index contributed by atoms with van der Waals surface area (Å²) >= 11 is 1.52. The van der Waals surface area contributed by atoms with Gasteiger partial charge in [0.15, 0.2) is 0 Å². The molecule has 0 bridgehead atoms. The number of aromatic nitrogens is 2. The van der Waals surface area contributed by atoms with Gasteiger partial charge < -0.3 is 9.80 Å². The number of thiophene rings is 1. The van der Waals surface area contributed by atoms with Gasteiger partial charge in [-0.25, -0.2) is 0 Å². The molecule has 0 atom stereocenters. The summed E-state index contributed by atoms with van der Waals surface area (Å²) < 4.78 is 0. The van der Waals surface area contributed by atoms with Crippen LogP contribution in [0.25, 0.3) is 0 Å². The Kier molecular flexibility index (Phi) is 4.01. The smallest absolute Gasteiger partial charge is 0.257 e. The van der Waals surface area contributed by atoms with Crippen LogP contribution in [0.15, 0.2) is 29.2 Å². The van der Waals surface area contributed by atoms with Gasteiger partial charge in [-0.3, -0.25) is 14.7 Å². The van der Waals surface area contributed by atoms with E-state index in [4.69, 9.17) is 0 Å². The summed E-state index contributed by atoms with van der Waals surface area (Å²) in [5.41, 5.74) is 1.29. The van der Waals surface area contributed by atoms with Crippen LogP contribution in [0.2, 0.25) is 0 Å². The Hall–Kier alpha value is -2.15. The standard InChI is InChI=1S/C14H16N4O2S/c19-13(11-2-7-21-10-11)17-3-1-4-18(6-5-17)14(20)12-8-15-16-9-12/h2,7-10H,1,3-6H2,(H,15,16). The fourth-order valence-corrected chi connectivity index (χ4v) is 3.07. The quantitative estimate of drug-likeness (QED) is 0.913. The average Bonchev–Trinajstić information content (AvgIpc) is 3.15. The molecule has 7 heteroatoms. The highest BCUT2D eigenvalue weighted by Gasteiger charge is 2.23. The molecule has 0 radical (unpaired) electrons. The SMILES string of the molecule is O=C(c1cn[nH]c1)N1CCCN(C(=O)c2ccsc2)CC1. The number of carbonyl (C=O) groups excluding carboxylic acids is 2. The monoisotopic (exact) mass is 304 g/mol. The second-order valence-corrected chi connectivity index (χ2v) is 5.72. The maximum atomic E-state index is 12.3. The first-order valence-electron chi connectivity index (χ1n) is 6.85. The molecule has 2 aromatic rings. The number of H-pyrrole nitrogens is 1. The lowest BCUT2D eigenvalue weighted by molar-refractivity contribution is 0.0719. The van der Waals surface area contributed by atoms with Crippen LogP contribution in [-0.2, 0) is 0 Å². The van der Waals surface area contributed by atoms with Crippen molar-refractivity contribution in [2.75, 3.05) is 26.2 Å². The molecule has 6 nitrogen and oxygen atoms in total. The van der Waals surface area contributed by atoms with Crippen molar-refractivity contribution in [1.29, 1.82) is 0 Å². The summed E-state index contributed by atoms with van der Waals surface area (Å²) in [5.74, 6) is 0.0162. The van der Waals surface area contributed by atoms with E-state index < -0.39 is 0 Å².